The van der Waals surface area contributed by atoms with Crippen LogP contribution in [0.25, 0.3) is 10.9 Å². The number of alkyl halides is 1. The Hall–Kier alpha value is -1.42. The molecule has 1 atom stereocenters. The number of anilines is 2. The van der Waals surface area contributed by atoms with Crippen LogP contribution in [-0.2, 0) is 0 Å². The van der Waals surface area contributed by atoms with E-state index in [1.165, 1.54) is 0 Å². The lowest BCUT2D eigenvalue weighted by Gasteiger charge is -2.19. The molecule has 2 aromatic rings. The van der Waals surface area contributed by atoms with E-state index in [1.54, 1.807) is 7.11 Å². The molecule has 2 heterocycles. The summed E-state index contributed by atoms with van der Waals surface area (Å²) in [5.74, 6) is 2.14. The lowest BCUT2D eigenvalue weighted by Crippen LogP contribution is -2.24. The van der Waals surface area contributed by atoms with Gasteiger partial charge in [0.05, 0.1) is 22.7 Å². The SMILES string of the molecule is COc1cc2c(NCCN(C)C)nc(N3CC[C@H](F)C3)nc2cc1I. The Morgan fingerprint density at radius 1 is 1.40 bits per heavy atom. The lowest BCUT2D eigenvalue weighted by atomic mass is 10.2. The highest BCUT2D eigenvalue weighted by atomic mass is 127. The maximum atomic E-state index is 13.6. The maximum Gasteiger partial charge on any atom is 0.227 e. The van der Waals surface area contributed by atoms with E-state index in [1.807, 2.05) is 31.1 Å². The summed E-state index contributed by atoms with van der Waals surface area (Å²) in [6.07, 6.45) is -0.272. The topological polar surface area (TPSA) is 53.5 Å². The van der Waals surface area contributed by atoms with Gasteiger partial charge < -0.3 is 19.9 Å². The molecule has 1 aromatic heterocycles. The Morgan fingerprint density at radius 2 is 2.20 bits per heavy atom. The molecular weight excluding hydrogens is 436 g/mol. The molecular formula is C17H23FIN5O. The van der Waals surface area contributed by atoms with Crippen LogP contribution in [0.15, 0.2) is 12.1 Å². The monoisotopic (exact) mass is 459 g/mol. The highest BCUT2D eigenvalue weighted by Gasteiger charge is 2.25. The smallest absolute Gasteiger partial charge is 0.227 e. The number of fused-ring (bicyclic) bond motifs is 1. The summed E-state index contributed by atoms with van der Waals surface area (Å²) >= 11 is 2.23. The largest absolute Gasteiger partial charge is 0.496 e. The third-order valence-corrected chi connectivity index (χ3v) is 5.07. The number of nitrogens with one attached hydrogen (secondary N) is 1. The van der Waals surface area contributed by atoms with Crippen molar-refractivity contribution in [3.63, 3.8) is 0 Å². The summed E-state index contributed by atoms with van der Waals surface area (Å²) in [6, 6.07) is 3.95. The number of benzene rings is 1. The van der Waals surface area contributed by atoms with Crippen LogP contribution >= 0.6 is 22.6 Å². The van der Waals surface area contributed by atoms with Gasteiger partial charge in [0, 0.05) is 25.0 Å². The number of hydrogen-bond donors (Lipinski definition) is 1. The molecule has 0 radical (unpaired) electrons. The van der Waals surface area contributed by atoms with Crippen LogP contribution < -0.4 is 15.0 Å². The Balaban J connectivity index is 2.01. The minimum atomic E-state index is -0.805. The van der Waals surface area contributed by atoms with Gasteiger partial charge in [-0.05, 0) is 55.2 Å². The van der Waals surface area contributed by atoms with Crippen molar-refractivity contribution in [2.75, 3.05) is 57.6 Å². The molecule has 3 rings (SSSR count). The first kappa shape index (κ1) is 18.4. The molecule has 1 aliphatic heterocycles. The molecule has 0 aliphatic carbocycles. The van der Waals surface area contributed by atoms with E-state index in [9.17, 15) is 4.39 Å². The van der Waals surface area contributed by atoms with Crippen molar-refractivity contribution in [2.24, 2.45) is 0 Å². The van der Waals surface area contributed by atoms with Crippen molar-refractivity contribution in [1.82, 2.24) is 14.9 Å². The quantitative estimate of drug-likeness (QED) is 0.671. The number of halogens is 2. The van der Waals surface area contributed by atoms with E-state index >= 15 is 0 Å². The van der Waals surface area contributed by atoms with Gasteiger partial charge in [0.2, 0.25) is 5.95 Å². The Bertz CT molecular complexity index is 757. The molecule has 0 bridgehead atoms. The second kappa shape index (κ2) is 7.86. The van der Waals surface area contributed by atoms with Gasteiger partial charge in [-0.1, -0.05) is 0 Å². The summed E-state index contributed by atoms with van der Waals surface area (Å²) in [5, 5.41) is 4.31. The standard InChI is InChI=1S/C17H23FIN5O/c1-23(2)7-5-20-16-12-8-15(25-3)13(19)9-14(12)21-17(22-16)24-6-4-11(18)10-24/h8-9,11H,4-7,10H2,1-3H3,(H,20,21,22)/t11-/m0/s1. The van der Waals surface area contributed by atoms with Crippen LogP contribution in [0.2, 0.25) is 0 Å². The first-order chi connectivity index (χ1) is 12.0. The molecule has 0 spiro atoms. The van der Waals surface area contributed by atoms with Crippen molar-refractivity contribution in [2.45, 2.75) is 12.6 Å². The fraction of sp³-hybridized carbons (Fsp3) is 0.529. The molecule has 8 heteroatoms. The average molecular weight is 459 g/mol. The molecule has 1 fully saturated rings. The molecule has 1 N–H and O–H groups in total. The highest BCUT2D eigenvalue weighted by Crippen LogP contribution is 2.32. The Morgan fingerprint density at radius 3 is 2.84 bits per heavy atom. The molecule has 25 heavy (non-hydrogen) atoms. The van der Waals surface area contributed by atoms with E-state index in [2.05, 4.69) is 42.8 Å². The van der Waals surface area contributed by atoms with Gasteiger partial charge in [0.15, 0.2) is 0 Å². The van der Waals surface area contributed by atoms with Crippen molar-refractivity contribution < 1.29 is 9.13 Å². The zero-order chi connectivity index (χ0) is 18.0. The van der Waals surface area contributed by atoms with E-state index in [-0.39, 0.29) is 0 Å². The Labute approximate surface area is 160 Å². The summed E-state index contributed by atoms with van der Waals surface area (Å²) in [7, 11) is 5.72. The van der Waals surface area contributed by atoms with E-state index in [0.717, 1.165) is 39.1 Å². The number of methoxy groups -OCH3 is 1. The van der Waals surface area contributed by atoms with Crippen molar-refractivity contribution >= 4 is 45.3 Å². The van der Waals surface area contributed by atoms with Gasteiger partial charge in [-0.25, -0.2) is 9.37 Å². The summed E-state index contributed by atoms with van der Waals surface area (Å²) in [5.41, 5.74) is 0.838. The summed E-state index contributed by atoms with van der Waals surface area (Å²) < 4.78 is 20.0. The minimum Gasteiger partial charge on any atom is -0.496 e. The van der Waals surface area contributed by atoms with Crippen molar-refractivity contribution in [1.29, 1.82) is 0 Å². The van der Waals surface area contributed by atoms with Gasteiger partial charge in [-0.15, -0.1) is 0 Å². The predicted molar refractivity (Wildman–Crippen MR) is 108 cm³/mol. The number of hydrogen-bond acceptors (Lipinski definition) is 6. The van der Waals surface area contributed by atoms with E-state index < -0.39 is 6.17 Å². The molecule has 0 amide bonds. The molecule has 1 aromatic carbocycles. The van der Waals surface area contributed by atoms with Gasteiger partial charge in [-0.2, -0.15) is 4.98 Å². The van der Waals surface area contributed by atoms with E-state index in [0.29, 0.717) is 25.5 Å². The molecule has 0 saturated carbocycles. The van der Waals surface area contributed by atoms with Crippen LogP contribution in [-0.4, -0.2) is 68.4 Å². The van der Waals surface area contributed by atoms with E-state index in [4.69, 9.17) is 4.74 Å². The number of rotatable bonds is 6. The second-order valence-corrected chi connectivity index (χ2v) is 7.60. The first-order valence-electron chi connectivity index (χ1n) is 8.31. The molecule has 6 nitrogen and oxygen atoms in total. The normalized spacial score (nSPS) is 17.5. The van der Waals surface area contributed by atoms with Gasteiger partial charge in [0.25, 0.3) is 0 Å². The van der Waals surface area contributed by atoms with Gasteiger partial charge in [0.1, 0.15) is 17.7 Å². The van der Waals surface area contributed by atoms with Crippen LogP contribution in [0.4, 0.5) is 16.2 Å². The van der Waals surface area contributed by atoms with Gasteiger partial charge >= 0.3 is 0 Å². The average Bonchev–Trinajstić information content (AvgIpc) is 3.00. The third-order valence-electron chi connectivity index (χ3n) is 4.22. The molecule has 1 aliphatic rings. The van der Waals surface area contributed by atoms with Crippen LogP contribution in [0, 0.1) is 3.57 Å². The summed E-state index contributed by atoms with van der Waals surface area (Å²) in [6.45, 7) is 2.66. The third kappa shape index (κ3) is 4.22. The van der Waals surface area contributed by atoms with Crippen LogP contribution in [0.5, 0.6) is 5.75 Å². The number of likely N-dealkylation sites (N-methyl/N-ethyl adjacent to an activating group) is 1. The minimum absolute atomic E-state index is 0.357. The number of nitrogens with zero attached hydrogens (tertiary/aromatic N) is 4. The van der Waals surface area contributed by atoms with Crippen LogP contribution in [0.1, 0.15) is 6.42 Å². The second-order valence-electron chi connectivity index (χ2n) is 6.44. The molecule has 1 saturated heterocycles. The fourth-order valence-electron chi connectivity index (χ4n) is 2.85. The molecule has 0 unspecified atom stereocenters. The van der Waals surface area contributed by atoms with Gasteiger partial charge in [-0.3, -0.25) is 0 Å². The van der Waals surface area contributed by atoms with Crippen LogP contribution in [0.3, 0.4) is 0 Å². The lowest BCUT2D eigenvalue weighted by molar-refractivity contribution is 0.364. The predicted octanol–water partition coefficient (Wildman–Crippen LogP) is 2.76. The zero-order valence-corrected chi connectivity index (χ0v) is 16.9. The zero-order valence-electron chi connectivity index (χ0n) is 14.7. The maximum absolute atomic E-state index is 13.6. The molecule has 136 valence electrons. The summed E-state index contributed by atoms with van der Waals surface area (Å²) in [4.78, 5) is 13.4. The highest BCUT2D eigenvalue weighted by molar-refractivity contribution is 14.1. The van der Waals surface area contributed by atoms with Crippen molar-refractivity contribution in [3.05, 3.63) is 15.7 Å². The van der Waals surface area contributed by atoms with Crippen molar-refractivity contribution in [3.8, 4) is 5.75 Å². The first-order valence-corrected chi connectivity index (χ1v) is 9.38. The Kier molecular flexibility index (Phi) is 5.78. The fourth-order valence-corrected chi connectivity index (χ4v) is 3.52. The number of aromatic nitrogens is 2. The number of ether oxygens (including phenoxy) is 1.